The summed E-state index contributed by atoms with van der Waals surface area (Å²) in [6.07, 6.45) is 1.36. The summed E-state index contributed by atoms with van der Waals surface area (Å²) >= 11 is 0. The lowest BCUT2D eigenvalue weighted by atomic mass is 10.1. The number of hydrogen-bond donors (Lipinski definition) is 4. The Kier molecular flexibility index (Phi) is 5.29. The summed E-state index contributed by atoms with van der Waals surface area (Å²) in [6, 6.07) is 20.8. The van der Waals surface area contributed by atoms with E-state index in [2.05, 4.69) is 26.1 Å². The van der Waals surface area contributed by atoms with Crippen molar-refractivity contribution >= 4 is 39.7 Å². The number of carbonyl (C=O) groups excluding carboxylic acids is 1. The predicted octanol–water partition coefficient (Wildman–Crippen LogP) is 3.72. The molecule has 8 heteroatoms. The zero-order chi connectivity index (χ0) is 20.9. The van der Waals surface area contributed by atoms with Gasteiger partial charge in [-0.2, -0.15) is 0 Å². The Labute approximate surface area is 173 Å². The van der Waals surface area contributed by atoms with Gasteiger partial charge in [-0.1, -0.05) is 48.5 Å². The van der Waals surface area contributed by atoms with Crippen molar-refractivity contribution in [3.63, 3.8) is 0 Å². The molecular weight excluding hydrogens is 380 g/mol. The molecule has 0 spiro atoms. The number of hydrogen-bond acceptors (Lipinski definition) is 7. The van der Waals surface area contributed by atoms with Gasteiger partial charge in [0.15, 0.2) is 11.6 Å². The van der Waals surface area contributed by atoms with Gasteiger partial charge in [-0.3, -0.25) is 15.6 Å². The number of rotatable bonds is 6. The van der Waals surface area contributed by atoms with Crippen molar-refractivity contribution in [3.05, 3.63) is 78.6 Å². The summed E-state index contributed by atoms with van der Waals surface area (Å²) in [5, 5.41) is 5.38. The van der Waals surface area contributed by atoms with Crippen molar-refractivity contribution in [1.82, 2.24) is 15.4 Å². The number of anilines is 4. The molecule has 0 atom stereocenters. The van der Waals surface area contributed by atoms with Crippen molar-refractivity contribution < 1.29 is 9.53 Å². The maximum Gasteiger partial charge on any atom is 0.273 e. The lowest BCUT2D eigenvalue weighted by molar-refractivity contribution is 0.0959. The van der Waals surface area contributed by atoms with E-state index in [-0.39, 0.29) is 17.4 Å². The number of hydrazine groups is 1. The molecule has 3 aromatic carbocycles. The number of para-hydroxylation sites is 1. The standard InChI is InChI=1S/C22H20N6O2/c1-30-18-12-5-4-10-16(18)22(29)28-27-21-19(23)20(24-13-25-21)26-17-11-6-8-14-7-2-3-9-15(14)17/h2-13H,23H2,1H3,(H,28,29)(H2,24,25,26,27). The first kappa shape index (κ1) is 19.0. The quantitative estimate of drug-likeness (QED) is 0.365. The van der Waals surface area contributed by atoms with Crippen LogP contribution in [0.15, 0.2) is 73.1 Å². The summed E-state index contributed by atoms with van der Waals surface area (Å²) < 4.78 is 5.21. The molecule has 0 saturated carbocycles. The summed E-state index contributed by atoms with van der Waals surface area (Å²) in [5.74, 6) is 0.783. The third-order valence-electron chi connectivity index (χ3n) is 4.57. The molecule has 8 nitrogen and oxygen atoms in total. The minimum atomic E-state index is -0.381. The third-order valence-corrected chi connectivity index (χ3v) is 4.57. The molecule has 5 N–H and O–H groups in total. The highest BCUT2D eigenvalue weighted by atomic mass is 16.5. The minimum Gasteiger partial charge on any atom is -0.496 e. The lowest BCUT2D eigenvalue weighted by Gasteiger charge is -2.15. The van der Waals surface area contributed by atoms with Crippen LogP contribution in [-0.2, 0) is 0 Å². The van der Waals surface area contributed by atoms with Crippen molar-refractivity contribution in [3.8, 4) is 5.75 Å². The second-order valence-corrected chi connectivity index (χ2v) is 6.42. The molecule has 0 aliphatic rings. The molecule has 0 radical (unpaired) electrons. The van der Waals surface area contributed by atoms with Crippen LogP contribution in [0.3, 0.4) is 0 Å². The smallest absolute Gasteiger partial charge is 0.273 e. The van der Waals surface area contributed by atoms with Gasteiger partial charge in [0.05, 0.1) is 12.7 Å². The number of aromatic nitrogens is 2. The fraction of sp³-hybridized carbons (Fsp3) is 0.0455. The van der Waals surface area contributed by atoms with Gasteiger partial charge in [0.2, 0.25) is 0 Å². The maximum absolute atomic E-state index is 12.5. The SMILES string of the molecule is COc1ccccc1C(=O)NNc1ncnc(Nc2cccc3ccccc23)c1N. The molecule has 4 aromatic rings. The highest BCUT2D eigenvalue weighted by Gasteiger charge is 2.14. The number of nitrogens with zero attached hydrogens (tertiary/aromatic N) is 2. The molecule has 30 heavy (non-hydrogen) atoms. The summed E-state index contributed by atoms with van der Waals surface area (Å²) in [5.41, 5.74) is 13.1. The van der Waals surface area contributed by atoms with Gasteiger partial charge in [-0.25, -0.2) is 9.97 Å². The lowest BCUT2D eigenvalue weighted by Crippen LogP contribution is -2.30. The Morgan fingerprint density at radius 3 is 2.53 bits per heavy atom. The average molecular weight is 400 g/mol. The highest BCUT2D eigenvalue weighted by molar-refractivity contribution is 5.98. The molecule has 1 amide bonds. The van der Waals surface area contributed by atoms with Crippen molar-refractivity contribution in [1.29, 1.82) is 0 Å². The zero-order valence-corrected chi connectivity index (χ0v) is 16.2. The first-order valence-electron chi connectivity index (χ1n) is 9.22. The molecule has 0 bridgehead atoms. The fourth-order valence-electron chi connectivity index (χ4n) is 3.07. The number of carbonyl (C=O) groups is 1. The normalized spacial score (nSPS) is 10.4. The van der Waals surface area contributed by atoms with Crippen LogP contribution in [0.2, 0.25) is 0 Å². The predicted molar refractivity (Wildman–Crippen MR) is 118 cm³/mol. The average Bonchev–Trinajstić information content (AvgIpc) is 2.79. The summed E-state index contributed by atoms with van der Waals surface area (Å²) in [7, 11) is 1.51. The Morgan fingerprint density at radius 2 is 1.67 bits per heavy atom. The molecule has 1 heterocycles. The largest absolute Gasteiger partial charge is 0.496 e. The molecule has 0 aliphatic carbocycles. The van der Waals surface area contributed by atoms with Gasteiger partial charge in [-0.05, 0) is 23.6 Å². The first-order chi connectivity index (χ1) is 14.7. The van der Waals surface area contributed by atoms with E-state index in [9.17, 15) is 4.79 Å². The molecule has 1 aromatic heterocycles. The number of methoxy groups -OCH3 is 1. The number of fused-ring (bicyclic) bond motifs is 1. The molecule has 0 fully saturated rings. The molecule has 150 valence electrons. The van der Waals surface area contributed by atoms with Crippen LogP contribution >= 0.6 is 0 Å². The Bertz CT molecular complexity index is 1210. The van der Waals surface area contributed by atoms with E-state index in [0.29, 0.717) is 17.1 Å². The second kappa shape index (κ2) is 8.36. The maximum atomic E-state index is 12.5. The van der Waals surface area contributed by atoms with Crippen LogP contribution in [-0.4, -0.2) is 23.0 Å². The molecule has 0 aliphatic heterocycles. The van der Waals surface area contributed by atoms with E-state index in [1.165, 1.54) is 13.4 Å². The molecule has 4 rings (SSSR count). The van der Waals surface area contributed by atoms with E-state index < -0.39 is 0 Å². The first-order valence-corrected chi connectivity index (χ1v) is 9.22. The number of amides is 1. The van der Waals surface area contributed by atoms with E-state index in [4.69, 9.17) is 10.5 Å². The van der Waals surface area contributed by atoms with Gasteiger partial charge < -0.3 is 15.8 Å². The Balaban J connectivity index is 1.54. The third kappa shape index (κ3) is 3.79. The molecular formula is C22H20N6O2. The van der Waals surface area contributed by atoms with Crippen LogP contribution in [0, 0.1) is 0 Å². The fourth-order valence-corrected chi connectivity index (χ4v) is 3.07. The number of nitrogens with two attached hydrogens (primary N) is 1. The van der Waals surface area contributed by atoms with Gasteiger partial charge in [-0.15, -0.1) is 0 Å². The number of nitrogen functional groups attached to an aromatic ring is 1. The number of nitrogens with one attached hydrogen (secondary N) is 3. The number of benzene rings is 3. The van der Waals surface area contributed by atoms with Gasteiger partial charge in [0.1, 0.15) is 17.8 Å². The summed E-state index contributed by atoms with van der Waals surface area (Å²) in [6.45, 7) is 0. The van der Waals surface area contributed by atoms with E-state index >= 15 is 0 Å². The topological polar surface area (TPSA) is 114 Å². The molecule has 0 unspecified atom stereocenters. The number of ether oxygens (including phenoxy) is 1. The van der Waals surface area contributed by atoms with Crippen molar-refractivity contribution in [2.45, 2.75) is 0 Å². The molecule has 0 saturated heterocycles. The van der Waals surface area contributed by atoms with Crippen LogP contribution in [0.5, 0.6) is 5.75 Å². The van der Waals surface area contributed by atoms with Crippen molar-refractivity contribution in [2.75, 3.05) is 23.6 Å². The van der Waals surface area contributed by atoms with Gasteiger partial charge in [0.25, 0.3) is 5.91 Å². The Hall–Kier alpha value is -4.33. The van der Waals surface area contributed by atoms with E-state index in [0.717, 1.165) is 16.5 Å². The van der Waals surface area contributed by atoms with Crippen molar-refractivity contribution in [2.24, 2.45) is 0 Å². The monoisotopic (exact) mass is 400 g/mol. The van der Waals surface area contributed by atoms with Gasteiger partial charge in [0, 0.05) is 11.1 Å². The van der Waals surface area contributed by atoms with Crippen LogP contribution in [0.25, 0.3) is 10.8 Å². The van der Waals surface area contributed by atoms with Gasteiger partial charge >= 0.3 is 0 Å². The van der Waals surface area contributed by atoms with E-state index in [1.807, 2.05) is 42.5 Å². The zero-order valence-electron chi connectivity index (χ0n) is 16.2. The highest BCUT2D eigenvalue weighted by Crippen LogP contribution is 2.29. The minimum absolute atomic E-state index is 0.269. The van der Waals surface area contributed by atoms with Crippen LogP contribution in [0.4, 0.5) is 23.0 Å². The van der Waals surface area contributed by atoms with Crippen LogP contribution in [0.1, 0.15) is 10.4 Å². The second-order valence-electron chi connectivity index (χ2n) is 6.42. The van der Waals surface area contributed by atoms with E-state index in [1.54, 1.807) is 24.3 Å². The van der Waals surface area contributed by atoms with Crippen LogP contribution < -0.4 is 26.6 Å². The summed E-state index contributed by atoms with van der Waals surface area (Å²) in [4.78, 5) is 20.8. The Morgan fingerprint density at radius 1 is 0.933 bits per heavy atom.